The molecule has 0 heterocycles. The summed E-state index contributed by atoms with van der Waals surface area (Å²) in [5.74, 6) is 2.19. The summed E-state index contributed by atoms with van der Waals surface area (Å²) in [4.78, 5) is 13.3. The minimum Gasteiger partial charge on any atom is -0.322 e. The van der Waals surface area contributed by atoms with Gasteiger partial charge in [-0.25, -0.2) is 13.2 Å². The van der Waals surface area contributed by atoms with Crippen molar-refractivity contribution in [1.29, 1.82) is 0 Å². The number of thioether (sulfide) groups is 1. The summed E-state index contributed by atoms with van der Waals surface area (Å²) in [6, 6.07) is 6.32. The molecule has 3 atom stereocenters. The van der Waals surface area contributed by atoms with E-state index in [9.17, 15) is 18.0 Å². The highest BCUT2D eigenvalue weighted by atomic mass is 35.5. The quantitative estimate of drug-likeness (QED) is 0.394. The molecule has 0 bridgehead atoms. The molecule has 1 aliphatic carbocycles. The van der Waals surface area contributed by atoms with Crippen LogP contribution >= 0.6 is 23.4 Å². The van der Waals surface area contributed by atoms with Crippen molar-refractivity contribution in [2.75, 3.05) is 5.32 Å². The maximum Gasteiger partial charge on any atom is 0.255 e. The molecule has 1 fully saturated rings. The van der Waals surface area contributed by atoms with Crippen molar-refractivity contribution >= 4 is 35.0 Å². The first kappa shape index (κ1) is 22.6. The highest BCUT2D eigenvalue weighted by Crippen LogP contribution is 2.45. The second-order valence-electron chi connectivity index (χ2n) is 7.38. The summed E-state index contributed by atoms with van der Waals surface area (Å²) < 4.78 is 39.9. The number of carbonyl (C=O) groups is 1. The van der Waals surface area contributed by atoms with Crippen LogP contribution in [0.3, 0.4) is 0 Å². The van der Waals surface area contributed by atoms with Crippen molar-refractivity contribution < 1.29 is 18.0 Å². The largest absolute Gasteiger partial charge is 0.322 e. The van der Waals surface area contributed by atoms with E-state index >= 15 is 0 Å². The van der Waals surface area contributed by atoms with Gasteiger partial charge in [-0.05, 0) is 49.8 Å². The maximum atomic E-state index is 13.4. The molecule has 1 amide bonds. The van der Waals surface area contributed by atoms with Crippen molar-refractivity contribution in [2.24, 2.45) is 11.8 Å². The molecule has 3 rings (SSSR count). The van der Waals surface area contributed by atoms with Crippen LogP contribution in [0.25, 0.3) is 0 Å². The Morgan fingerprint density at radius 3 is 2.57 bits per heavy atom. The van der Waals surface area contributed by atoms with Gasteiger partial charge in [0.2, 0.25) is 0 Å². The molecule has 3 unspecified atom stereocenters. The van der Waals surface area contributed by atoms with E-state index in [0.29, 0.717) is 27.7 Å². The Bertz CT molecular complexity index is 994. The van der Waals surface area contributed by atoms with Gasteiger partial charge in [0.1, 0.15) is 0 Å². The van der Waals surface area contributed by atoms with Crippen LogP contribution in [-0.4, -0.2) is 11.2 Å². The number of amides is 1. The second kappa shape index (κ2) is 9.80. The molecule has 158 valence electrons. The fourth-order valence-electron chi connectivity index (χ4n) is 3.65. The minimum atomic E-state index is -1.58. The summed E-state index contributed by atoms with van der Waals surface area (Å²) in [7, 11) is 0. The normalized spacial score (nSPS) is 20.5. The number of anilines is 1. The van der Waals surface area contributed by atoms with Gasteiger partial charge in [0, 0.05) is 39.9 Å². The van der Waals surface area contributed by atoms with Crippen LogP contribution in [0.1, 0.15) is 43.5 Å². The summed E-state index contributed by atoms with van der Waals surface area (Å²) >= 11 is 8.02. The Kier molecular flexibility index (Phi) is 7.38. The van der Waals surface area contributed by atoms with Gasteiger partial charge in [0.15, 0.2) is 17.5 Å². The van der Waals surface area contributed by atoms with E-state index in [1.54, 1.807) is 23.9 Å². The number of halogens is 4. The molecule has 1 saturated carbocycles. The molecule has 0 aliphatic heterocycles. The molecule has 0 aromatic heterocycles. The average molecular weight is 452 g/mol. The molecule has 2 nitrogen and oxygen atoms in total. The van der Waals surface area contributed by atoms with Gasteiger partial charge in [0.25, 0.3) is 5.91 Å². The molecule has 2 aromatic carbocycles. The van der Waals surface area contributed by atoms with E-state index in [0.717, 1.165) is 36.3 Å². The van der Waals surface area contributed by atoms with Gasteiger partial charge in [0.05, 0.1) is 5.02 Å². The summed E-state index contributed by atoms with van der Waals surface area (Å²) in [5.41, 5.74) is 0.130. The summed E-state index contributed by atoms with van der Waals surface area (Å²) in [6.45, 7) is 4.04. The zero-order chi connectivity index (χ0) is 21.8. The standard InChI is InChI=1S/C23H21ClF3NOS/c1-3-4-5-14-7-6-13(2)22(14)30-20-10-15(8-9-17(20)24)23(29)28-16-11-18(25)21(27)19(26)12-16/h8-14,22H,5-7H2,1-2H3,(H,28,29). The topological polar surface area (TPSA) is 29.1 Å². The minimum absolute atomic E-state index is 0.164. The van der Waals surface area contributed by atoms with Crippen LogP contribution < -0.4 is 5.32 Å². The predicted octanol–water partition coefficient (Wildman–Crippen LogP) is 6.93. The lowest BCUT2D eigenvalue weighted by molar-refractivity contribution is 0.102. The number of rotatable bonds is 5. The van der Waals surface area contributed by atoms with E-state index in [2.05, 4.69) is 24.1 Å². The SMILES string of the molecule is CC#CCC1CCC(C)C1Sc1cc(C(=O)Nc2cc(F)c(F)c(F)c2)ccc1Cl. The summed E-state index contributed by atoms with van der Waals surface area (Å²) in [5, 5.41) is 3.27. The van der Waals surface area contributed by atoms with Crippen LogP contribution in [0, 0.1) is 41.1 Å². The number of hydrogen-bond donors (Lipinski definition) is 1. The van der Waals surface area contributed by atoms with Crippen LogP contribution in [0.2, 0.25) is 5.02 Å². The lowest BCUT2D eigenvalue weighted by atomic mass is 10.0. The first-order valence-corrected chi connectivity index (χ1v) is 10.9. The Labute approximate surface area is 183 Å². The first-order chi connectivity index (χ1) is 14.3. The molecule has 1 N–H and O–H groups in total. The summed E-state index contributed by atoms with van der Waals surface area (Å²) in [6.07, 6.45) is 3.05. The van der Waals surface area contributed by atoms with E-state index < -0.39 is 23.4 Å². The monoisotopic (exact) mass is 451 g/mol. The van der Waals surface area contributed by atoms with Gasteiger partial charge in [-0.15, -0.1) is 23.6 Å². The second-order valence-corrected chi connectivity index (χ2v) is 9.01. The zero-order valence-corrected chi connectivity index (χ0v) is 18.1. The van der Waals surface area contributed by atoms with Crippen molar-refractivity contribution in [2.45, 2.75) is 43.3 Å². The zero-order valence-electron chi connectivity index (χ0n) is 16.6. The van der Waals surface area contributed by atoms with E-state index in [-0.39, 0.29) is 5.69 Å². The van der Waals surface area contributed by atoms with Crippen molar-refractivity contribution in [3.63, 3.8) is 0 Å². The Balaban J connectivity index is 1.79. The highest BCUT2D eigenvalue weighted by molar-refractivity contribution is 8.00. The van der Waals surface area contributed by atoms with E-state index in [4.69, 9.17) is 11.6 Å². The van der Waals surface area contributed by atoms with Crippen LogP contribution in [0.5, 0.6) is 0 Å². The van der Waals surface area contributed by atoms with Crippen molar-refractivity contribution in [3.8, 4) is 11.8 Å². The Morgan fingerprint density at radius 1 is 1.20 bits per heavy atom. The molecule has 0 saturated heterocycles. The fraction of sp³-hybridized carbons (Fsp3) is 0.348. The molecule has 0 radical (unpaired) electrons. The lowest BCUT2D eigenvalue weighted by Gasteiger charge is -2.22. The average Bonchev–Trinajstić information content (AvgIpc) is 3.05. The van der Waals surface area contributed by atoms with Crippen molar-refractivity contribution in [3.05, 3.63) is 58.4 Å². The molecule has 30 heavy (non-hydrogen) atoms. The smallest absolute Gasteiger partial charge is 0.255 e. The first-order valence-electron chi connectivity index (χ1n) is 9.61. The lowest BCUT2D eigenvalue weighted by Crippen LogP contribution is -2.16. The molecular weight excluding hydrogens is 431 g/mol. The van der Waals surface area contributed by atoms with E-state index in [1.807, 2.05) is 6.92 Å². The third-order valence-corrected chi connectivity index (χ3v) is 7.41. The van der Waals surface area contributed by atoms with Gasteiger partial charge < -0.3 is 5.32 Å². The van der Waals surface area contributed by atoms with Gasteiger partial charge >= 0.3 is 0 Å². The third-order valence-electron chi connectivity index (χ3n) is 5.26. The molecule has 1 aliphatic rings. The molecule has 0 spiro atoms. The third kappa shape index (κ3) is 5.14. The Hall–Kier alpha value is -2.10. The molecular formula is C23H21ClF3NOS. The van der Waals surface area contributed by atoms with Gasteiger partial charge in [-0.2, -0.15) is 0 Å². The van der Waals surface area contributed by atoms with Crippen LogP contribution in [0.15, 0.2) is 35.2 Å². The molecule has 7 heteroatoms. The van der Waals surface area contributed by atoms with Gasteiger partial charge in [-0.1, -0.05) is 18.5 Å². The fourth-order valence-corrected chi connectivity index (χ4v) is 5.36. The number of carbonyl (C=O) groups excluding carboxylic acids is 1. The number of hydrogen-bond acceptors (Lipinski definition) is 2. The maximum absolute atomic E-state index is 13.4. The van der Waals surface area contributed by atoms with Crippen molar-refractivity contribution in [1.82, 2.24) is 0 Å². The number of benzene rings is 2. The van der Waals surface area contributed by atoms with Gasteiger partial charge in [-0.3, -0.25) is 4.79 Å². The highest BCUT2D eigenvalue weighted by Gasteiger charge is 2.34. The molecule has 2 aromatic rings. The Morgan fingerprint density at radius 2 is 1.90 bits per heavy atom. The number of nitrogens with one attached hydrogen (secondary N) is 1. The van der Waals surface area contributed by atoms with Crippen LogP contribution in [0.4, 0.5) is 18.9 Å². The van der Waals surface area contributed by atoms with E-state index in [1.165, 1.54) is 6.07 Å². The predicted molar refractivity (Wildman–Crippen MR) is 115 cm³/mol. The van der Waals surface area contributed by atoms with Crippen LogP contribution in [-0.2, 0) is 0 Å².